The molecule has 2 rings (SSSR count). The first-order chi connectivity index (χ1) is 9.60. The number of aromatic nitrogens is 1. The first-order valence-corrected chi connectivity index (χ1v) is 6.44. The predicted octanol–water partition coefficient (Wildman–Crippen LogP) is 3.56. The maximum Gasteiger partial charge on any atom is 0.255 e. The third-order valence-corrected chi connectivity index (χ3v) is 2.79. The van der Waals surface area contributed by atoms with Gasteiger partial charge in [-0.2, -0.15) is 0 Å². The van der Waals surface area contributed by atoms with Crippen LogP contribution in [0, 0.1) is 5.82 Å². The molecule has 1 aromatic heterocycles. The molecule has 2 N–H and O–H groups in total. The number of nitrogens with one attached hydrogen (secondary N) is 2. The van der Waals surface area contributed by atoms with Gasteiger partial charge in [-0.15, -0.1) is 0 Å². The number of hydrogen-bond acceptors (Lipinski definition) is 3. The monoisotopic (exact) mass is 293 g/mol. The summed E-state index contributed by atoms with van der Waals surface area (Å²) in [5, 5.41) is 5.77. The molecule has 1 aromatic carbocycles. The molecule has 0 unspecified atom stereocenters. The summed E-state index contributed by atoms with van der Waals surface area (Å²) in [5.41, 5.74) is 0.478. The van der Waals surface area contributed by atoms with Gasteiger partial charge in [0.05, 0.1) is 5.69 Å². The maximum absolute atomic E-state index is 13.6. The van der Waals surface area contributed by atoms with E-state index in [2.05, 4.69) is 15.6 Å². The highest BCUT2D eigenvalue weighted by Gasteiger charge is 2.10. The van der Waals surface area contributed by atoms with Crippen molar-refractivity contribution in [2.75, 3.05) is 17.2 Å². The number of nitrogens with zero attached hydrogens (tertiary/aromatic N) is 1. The van der Waals surface area contributed by atoms with Crippen molar-refractivity contribution in [2.45, 2.75) is 6.92 Å². The lowest BCUT2D eigenvalue weighted by molar-refractivity contribution is 0.102. The van der Waals surface area contributed by atoms with Gasteiger partial charge in [0.1, 0.15) is 11.6 Å². The second-order valence-electron chi connectivity index (χ2n) is 4.04. The van der Waals surface area contributed by atoms with E-state index in [4.69, 9.17) is 11.6 Å². The van der Waals surface area contributed by atoms with E-state index < -0.39 is 11.7 Å². The standard InChI is InChI=1S/C14H13ClFN3O/c1-2-17-13-7-9(5-6-18-13)14(20)19-12-4-3-10(15)8-11(12)16/h3-8H,2H2,1H3,(H,17,18)(H,19,20). The third kappa shape index (κ3) is 3.45. The van der Waals surface area contributed by atoms with Crippen LogP contribution in [-0.4, -0.2) is 17.4 Å². The van der Waals surface area contributed by atoms with E-state index >= 15 is 0 Å². The largest absolute Gasteiger partial charge is 0.370 e. The Morgan fingerprint density at radius 3 is 2.85 bits per heavy atom. The van der Waals surface area contributed by atoms with Crippen LogP contribution in [0.2, 0.25) is 5.02 Å². The first-order valence-electron chi connectivity index (χ1n) is 6.06. The number of carbonyl (C=O) groups excluding carboxylic acids is 1. The fraction of sp³-hybridized carbons (Fsp3) is 0.143. The minimum atomic E-state index is -0.577. The van der Waals surface area contributed by atoms with Gasteiger partial charge >= 0.3 is 0 Å². The van der Waals surface area contributed by atoms with Crippen LogP contribution < -0.4 is 10.6 Å². The average Bonchev–Trinajstić information content (AvgIpc) is 2.42. The lowest BCUT2D eigenvalue weighted by Crippen LogP contribution is -2.13. The van der Waals surface area contributed by atoms with E-state index in [1.165, 1.54) is 18.3 Å². The summed E-state index contributed by atoms with van der Waals surface area (Å²) in [4.78, 5) is 16.1. The summed E-state index contributed by atoms with van der Waals surface area (Å²) in [5.74, 6) is -0.392. The molecule has 0 fully saturated rings. The number of hydrogen-bond donors (Lipinski definition) is 2. The molecule has 104 valence electrons. The maximum atomic E-state index is 13.6. The Bertz CT molecular complexity index is 634. The predicted molar refractivity (Wildman–Crippen MR) is 77.8 cm³/mol. The number of pyridine rings is 1. The summed E-state index contributed by atoms with van der Waals surface area (Å²) >= 11 is 5.66. The molecule has 0 aliphatic heterocycles. The molecule has 0 aliphatic rings. The summed E-state index contributed by atoms with van der Waals surface area (Å²) in [6, 6.07) is 7.24. The van der Waals surface area contributed by atoms with Crippen LogP contribution in [0.5, 0.6) is 0 Å². The normalized spacial score (nSPS) is 10.2. The second-order valence-corrected chi connectivity index (χ2v) is 4.47. The zero-order chi connectivity index (χ0) is 14.5. The average molecular weight is 294 g/mol. The summed E-state index contributed by atoms with van der Waals surface area (Å²) in [7, 11) is 0. The number of halogens is 2. The van der Waals surface area contributed by atoms with Crippen LogP contribution in [0.1, 0.15) is 17.3 Å². The summed E-state index contributed by atoms with van der Waals surface area (Å²) in [6.45, 7) is 2.63. The molecule has 1 heterocycles. The van der Waals surface area contributed by atoms with Gasteiger partial charge in [0.25, 0.3) is 5.91 Å². The second kappa shape index (κ2) is 6.34. The molecule has 0 saturated carbocycles. The van der Waals surface area contributed by atoms with Gasteiger partial charge in [0.2, 0.25) is 0 Å². The van der Waals surface area contributed by atoms with Crippen LogP contribution in [0.25, 0.3) is 0 Å². The highest BCUT2D eigenvalue weighted by Crippen LogP contribution is 2.19. The number of amides is 1. The van der Waals surface area contributed by atoms with Gasteiger partial charge in [-0.1, -0.05) is 11.6 Å². The fourth-order valence-corrected chi connectivity index (χ4v) is 1.79. The number of benzene rings is 1. The molecule has 0 spiro atoms. The number of carbonyl (C=O) groups is 1. The molecule has 0 radical (unpaired) electrons. The van der Waals surface area contributed by atoms with Crippen molar-refractivity contribution >= 4 is 29.0 Å². The molecular weight excluding hydrogens is 281 g/mol. The van der Waals surface area contributed by atoms with Crippen LogP contribution >= 0.6 is 11.6 Å². The van der Waals surface area contributed by atoms with Crippen molar-refractivity contribution in [1.82, 2.24) is 4.98 Å². The molecular formula is C14H13ClFN3O. The Balaban J connectivity index is 2.17. The lowest BCUT2D eigenvalue weighted by Gasteiger charge is -2.08. The van der Waals surface area contributed by atoms with Crippen molar-refractivity contribution in [2.24, 2.45) is 0 Å². The van der Waals surface area contributed by atoms with Crippen molar-refractivity contribution in [1.29, 1.82) is 0 Å². The molecule has 0 atom stereocenters. The Kier molecular flexibility index (Phi) is 4.53. The highest BCUT2D eigenvalue weighted by atomic mass is 35.5. The smallest absolute Gasteiger partial charge is 0.255 e. The molecule has 2 aromatic rings. The topological polar surface area (TPSA) is 54.0 Å². The van der Waals surface area contributed by atoms with Crippen LogP contribution in [0.4, 0.5) is 15.9 Å². The van der Waals surface area contributed by atoms with Crippen LogP contribution in [0.15, 0.2) is 36.5 Å². The van der Waals surface area contributed by atoms with Crippen molar-refractivity contribution in [3.05, 3.63) is 52.9 Å². The van der Waals surface area contributed by atoms with Crippen molar-refractivity contribution in [3.63, 3.8) is 0 Å². The van der Waals surface area contributed by atoms with Crippen LogP contribution in [-0.2, 0) is 0 Å². The molecule has 20 heavy (non-hydrogen) atoms. The van der Waals surface area contributed by atoms with Gasteiger partial charge in [-0.25, -0.2) is 9.37 Å². The molecule has 1 amide bonds. The fourth-order valence-electron chi connectivity index (χ4n) is 1.63. The van der Waals surface area contributed by atoms with E-state index in [1.54, 1.807) is 12.1 Å². The molecule has 4 nitrogen and oxygen atoms in total. The summed E-state index contributed by atoms with van der Waals surface area (Å²) < 4.78 is 13.6. The number of anilines is 2. The number of rotatable bonds is 4. The zero-order valence-electron chi connectivity index (χ0n) is 10.8. The van der Waals surface area contributed by atoms with E-state index in [-0.39, 0.29) is 10.7 Å². The van der Waals surface area contributed by atoms with Crippen molar-refractivity contribution < 1.29 is 9.18 Å². The van der Waals surface area contributed by atoms with E-state index in [0.29, 0.717) is 17.9 Å². The minimum absolute atomic E-state index is 0.0845. The Morgan fingerprint density at radius 1 is 1.35 bits per heavy atom. The van der Waals surface area contributed by atoms with Gasteiger partial charge in [-0.05, 0) is 37.3 Å². The van der Waals surface area contributed by atoms with Gasteiger partial charge in [0, 0.05) is 23.3 Å². The van der Waals surface area contributed by atoms with Gasteiger partial charge < -0.3 is 10.6 Å². The van der Waals surface area contributed by atoms with E-state index in [0.717, 1.165) is 6.07 Å². The third-order valence-electron chi connectivity index (χ3n) is 2.56. The van der Waals surface area contributed by atoms with Crippen LogP contribution in [0.3, 0.4) is 0 Å². The summed E-state index contributed by atoms with van der Waals surface area (Å²) in [6.07, 6.45) is 1.52. The highest BCUT2D eigenvalue weighted by molar-refractivity contribution is 6.30. The molecule has 6 heteroatoms. The Morgan fingerprint density at radius 2 is 2.15 bits per heavy atom. The SMILES string of the molecule is CCNc1cc(C(=O)Nc2ccc(Cl)cc2F)ccn1. The quantitative estimate of drug-likeness (QED) is 0.906. The zero-order valence-corrected chi connectivity index (χ0v) is 11.5. The van der Waals surface area contributed by atoms with Gasteiger partial charge in [-0.3, -0.25) is 4.79 Å². The minimum Gasteiger partial charge on any atom is -0.370 e. The van der Waals surface area contributed by atoms with Gasteiger partial charge in [0.15, 0.2) is 0 Å². The Labute approximate surface area is 121 Å². The molecule has 0 bridgehead atoms. The first kappa shape index (κ1) is 14.3. The van der Waals surface area contributed by atoms with Crippen molar-refractivity contribution in [3.8, 4) is 0 Å². The molecule has 0 saturated heterocycles. The lowest BCUT2D eigenvalue weighted by atomic mass is 10.2. The molecule has 0 aliphatic carbocycles. The van der Waals surface area contributed by atoms with E-state index in [1.807, 2.05) is 6.92 Å². The Hall–Kier alpha value is -2.14. The van der Waals surface area contributed by atoms with E-state index in [9.17, 15) is 9.18 Å².